The van der Waals surface area contributed by atoms with Crippen LogP contribution in [0.5, 0.6) is 0 Å². The number of carboxylic acids is 1. The van der Waals surface area contributed by atoms with Crippen LogP contribution < -0.4 is 5.32 Å². The molecule has 1 atom stereocenters. The molecule has 0 aromatic heterocycles. The van der Waals surface area contributed by atoms with Crippen LogP contribution in [-0.2, 0) is 27.4 Å². The van der Waals surface area contributed by atoms with Crippen LogP contribution in [0, 0.1) is 0 Å². The standard InChI is InChI=1S/C20H22N2O5/c1-22(20(26)27-14-16-10-6-3-7-11-16)13-18(23)21-17(19(24)25)12-15-8-4-2-5-9-15/h2-11,17H,12-14H2,1H3,(H,21,23)(H,24,25). The molecule has 0 spiro atoms. The molecule has 7 nitrogen and oxygen atoms in total. The Labute approximate surface area is 157 Å². The summed E-state index contributed by atoms with van der Waals surface area (Å²) in [4.78, 5) is 36.6. The van der Waals surface area contributed by atoms with Crippen molar-refractivity contribution in [3.63, 3.8) is 0 Å². The molecule has 0 radical (unpaired) electrons. The lowest BCUT2D eigenvalue weighted by molar-refractivity contribution is -0.141. The fourth-order valence-electron chi connectivity index (χ4n) is 2.40. The summed E-state index contributed by atoms with van der Waals surface area (Å²) in [5.41, 5.74) is 1.62. The molecule has 0 fully saturated rings. The molecule has 0 aliphatic rings. The second kappa shape index (κ2) is 9.96. The highest BCUT2D eigenvalue weighted by molar-refractivity contribution is 5.86. The van der Waals surface area contributed by atoms with Gasteiger partial charge in [-0.15, -0.1) is 0 Å². The molecule has 2 N–H and O–H groups in total. The lowest BCUT2D eigenvalue weighted by Gasteiger charge is -2.19. The molecular formula is C20H22N2O5. The highest BCUT2D eigenvalue weighted by Crippen LogP contribution is 2.05. The lowest BCUT2D eigenvalue weighted by atomic mass is 10.1. The largest absolute Gasteiger partial charge is 0.480 e. The summed E-state index contributed by atoms with van der Waals surface area (Å²) in [6.07, 6.45) is -0.506. The van der Waals surface area contributed by atoms with Gasteiger partial charge in [0.1, 0.15) is 19.2 Å². The van der Waals surface area contributed by atoms with Gasteiger partial charge in [0, 0.05) is 13.5 Å². The number of nitrogens with one attached hydrogen (secondary N) is 1. The van der Waals surface area contributed by atoms with Crippen molar-refractivity contribution in [3.8, 4) is 0 Å². The van der Waals surface area contributed by atoms with Crippen molar-refractivity contribution in [1.82, 2.24) is 10.2 Å². The zero-order chi connectivity index (χ0) is 19.6. The number of hydrogen-bond donors (Lipinski definition) is 2. The van der Waals surface area contributed by atoms with E-state index in [9.17, 15) is 19.5 Å². The van der Waals surface area contributed by atoms with E-state index in [4.69, 9.17) is 4.74 Å². The Kier molecular flexibility index (Phi) is 7.37. The quantitative estimate of drug-likeness (QED) is 0.742. The van der Waals surface area contributed by atoms with Gasteiger partial charge in [-0.1, -0.05) is 60.7 Å². The maximum Gasteiger partial charge on any atom is 0.410 e. The summed E-state index contributed by atoms with van der Waals surface area (Å²) in [5.74, 6) is -1.71. The van der Waals surface area contributed by atoms with E-state index in [-0.39, 0.29) is 19.6 Å². The van der Waals surface area contributed by atoms with Crippen LogP contribution in [-0.4, -0.2) is 47.6 Å². The normalized spacial score (nSPS) is 11.3. The zero-order valence-electron chi connectivity index (χ0n) is 15.0. The van der Waals surface area contributed by atoms with Gasteiger partial charge in [-0.3, -0.25) is 4.79 Å². The fraction of sp³-hybridized carbons (Fsp3) is 0.250. The number of benzene rings is 2. The first-order valence-electron chi connectivity index (χ1n) is 8.43. The average molecular weight is 370 g/mol. The van der Waals surface area contributed by atoms with Crippen molar-refractivity contribution in [3.05, 3.63) is 71.8 Å². The van der Waals surface area contributed by atoms with Crippen molar-refractivity contribution in [2.45, 2.75) is 19.1 Å². The molecule has 0 bridgehead atoms. The Balaban J connectivity index is 1.83. The predicted molar refractivity (Wildman–Crippen MR) is 99.0 cm³/mol. The molecule has 27 heavy (non-hydrogen) atoms. The summed E-state index contributed by atoms with van der Waals surface area (Å²) >= 11 is 0. The molecule has 2 aromatic carbocycles. The van der Waals surface area contributed by atoms with Crippen LogP contribution in [0.1, 0.15) is 11.1 Å². The number of carbonyl (C=O) groups is 3. The predicted octanol–water partition coefficient (Wildman–Crippen LogP) is 2.07. The highest BCUT2D eigenvalue weighted by atomic mass is 16.6. The molecule has 2 aromatic rings. The summed E-state index contributed by atoms with van der Waals surface area (Å²) < 4.78 is 5.13. The van der Waals surface area contributed by atoms with Gasteiger partial charge >= 0.3 is 12.1 Å². The molecule has 1 unspecified atom stereocenters. The molecule has 0 saturated carbocycles. The average Bonchev–Trinajstić information content (AvgIpc) is 2.67. The number of rotatable bonds is 8. The molecule has 7 heteroatoms. The van der Waals surface area contributed by atoms with Crippen molar-refractivity contribution in [1.29, 1.82) is 0 Å². The first-order chi connectivity index (χ1) is 13.0. The third kappa shape index (κ3) is 6.81. The maximum absolute atomic E-state index is 12.1. The summed E-state index contributed by atoms with van der Waals surface area (Å²) in [7, 11) is 1.42. The van der Waals surface area contributed by atoms with Gasteiger partial charge in [0.2, 0.25) is 5.91 Å². The van der Waals surface area contributed by atoms with Gasteiger partial charge in [0.05, 0.1) is 0 Å². The number of carboxylic acid groups (broad SMARTS) is 1. The van der Waals surface area contributed by atoms with Gasteiger partial charge in [0.15, 0.2) is 0 Å². The third-order valence-electron chi connectivity index (χ3n) is 3.81. The Morgan fingerprint density at radius 1 is 1.00 bits per heavy atom. The minimum atomic E-state index is -1.14. The maximum atomic E-state index is 12.1. The number of likely N-dealkylation sites (N-methyl/N-ethyl adjacent to an activating group) is 1. The van der Waals surface area contributed by atoms with Crippen molar-refractivity contribution >= 4 is 18.0 Å². The van der Waals surface area contributed by atoms with Gasteiger partial charge in [-0.25, -0.2) is 9.59 Å². The Morgan fingerprint density at radius 3 is 2.11 bits per heavy atom. The Hall–Kier alpha value is -3.35. The number of carbonyl (C=O) groups excluding carboxylic acids is 2. The van der Waals surface area contributed by atoms with Gasteiger partial charge in [0.25, 0.3) is 0 Å². The van der Waals surface area contributed by atoms with E-state index in [2.05, 4.69) is 5.32 Å². The smallest absolute Gasteiger partial charge is 0.410 e. The molecule has 0 aliphatic carbocycles. The van der Waals surface area contributed by atoms with E-state index in [1.54, 1.807) is 24.3 Å². The minimum Gasteiger partial charge on any atom is -0.480 e. The van der Waals surface area contributed by atoms with Gasteiger partial charge in [-0.2, -0.15) is 0 Å². The monoisotopic (exact) mass is 370 g/mol. The lowest BCUT2D eigenvalue weighted by Crippen LogP contribution is -2.47. The second-order valence-electron chi connectivity index (χ2n) is 6.04. The molecule has 2 rings (SSSR count). The van der Waals surface area contributed by atoms with Crippen LogP contribution >= 0.6 is 0 Å². The number of nitrogens with zero attached hydrogens (tertiary/aromatic N) is 1. The van der Waals surface area contributed by atoms with E-state index < -0.39 is 24.0 Å². The van der Waals surface area contributed by atoms with Crippen LogP contribution in [0.2, 0.25) is 0 Å². The van der Waals surface area contributed by atoms with E-state index in [1.807, 2.05) is 36.4 Å². The van der Waals surface area contributed by atoms with Crippen molar-refractivity contribution < 1.29 is 24.2 Å². The van der Waals surface area contributed by atoms with Crippen molar-refractivity contribution in [2.24, 2.45) is 0 Å². The third-order valence-corrected chi connectivity index (χ3v) is 3.81. The first-order valence-corrected chi connectivity index (χ1v) is 8.43. The van der Waals surface area contributed by atoms with Crippen LogP contribution in [0.3, 0.4) is 0 Å². The number of amides is 2. The number of aliphatic carboxylic acids is 1. The zero-order valence-corrected chi connectivity index (χ0v) is 15.0. The molecular weight excluding hydrogens is 348 g/mol. The summed E-state index contributed by atoms with van der Waals surface area (Å²) in [6, 6.07) is 17.1. The Morgan fingerprint density at radius 2 is 1.56 bits per heavy atom. The van der Waals surface area contributed by atoms with Crippen LogP contribution in [0.4, 0.5) is 4.79 Å². The van der Waals surface area contributed by atoms with Crippen molar-refractivity contribution in [2.75, 3.05) is 13.6 Å². The number of ether oxygens (including phenoxy) is 1. The molecule has 142 valence electrons. The molecule has 2 amide bonds. The minimum absolute atomic E-state index is 0.0946. The van der Waals surface area contributed by atoms with E-state index in [1.165, 1.54) is 7.05 Å². The summed E-state index contributed by atoms with van der Waals surface area (Å²) in [6.45, 7) is -0.205. The topological polar surface area (TPSA) is 95.9 Å². The van der Waals surface area contributed by atoms with Crippen LogP contribution in [0.15, 0.2) is 60.7 Å². The highest BCUT2D eigenvalue weighted by Gasteiger charge is 2.22. The molecule has 0 saturated heterocycles. The molecule has 0 aliphatic heterocycles. The van der Waals surface area contributed by atoms with E-state index >= 15 is 0 Å². The first kappa shape index (κ1) is 20.0. The summed E-state index contributed by atoms with van der Waals surface area (Å²) in [5, 5.41) is 11.8. The van der Waals surface area contributed by atoms with Crippen LogP contribution in [0.25, 0.3) is 0 Å². The second-order valence-corrected chi connectivity index (χ2v) is 6.04. The van der Waals surface area contributed by atoms with Gasteiger partial charge in [-0.05, 0) is 11.1 Å². The van der Waals surface area contributed by atoms with E-state index in [0.717, 1.165) is 16.0 Å². The van der Waals surface area contributed by atoms with E-state index in [0.29, 0.717) is 0 Å². The Bertz CT molecular complexity index is 764. The SMILES string of the molecule is CN(CC(=O)NC(Cc1ccccc1)C(=O)O)C(=O)OCc1ccccc1. The number of hydrogen-bond acceptors (Lipinski definition) is 4. The molecule has 0 heterocycles. The van der Waals surface area contributed by atoms with Gasteiger partial charge < -0.3 is 20.1 Å². The fourth-order valence-corrected chi connectivity index (χ4v) is 2.40.